The van der Waals surface area contributed by atoms with Gasteiger partial charge in [0.2, 0.25) is 0 Å². The molecule has 0 bridgehead atoms. The Morgan fingerprint density at radius 2 is 2.05 bits per heavy atom. The van der Waals surface area contributed by atoms with Crippen LogP contribution < -0.4 is 5.32 Å². The second-order valence-corrected chi connectivity index (χ2v) is 4.94. The number of benzene rings is 2. The molecule has 2 aromatic carbocycles. The second-order valence-electron chi connectivity index (χ2n) is 4.53. The zero-order chi connectivity index (χ0) is 14.1. The fourth-order valence-corrected chi connectivity index (χ4v) is 2.31. The van der Waals surface area contributed by atoms with Gasteiger partial charge in [0.15, 0.2) is 0 Å². The summed E-state index contributed by atoms with van der Waals surface area (Å²) in [7, 11) is 0. The number of carbonyl (C=O) groups is 1. The van der Waals surface area contributed by atoms with E-state index in [4.69, 9.17) is 11.6 Å². The molecule has 3 aromatic rings. The molecule has 1 aromatic heterocycles. The van der Waals surface area contributed by atoms with E-state index < -0.39 is 0 Å². The Kier molecular flexibility index (Phi) is 3.16. The number of aryl methyl sites for hydroxylation is 1. The Bertz CT molecular complexity index is 795. The molecule has 1 amide bonds. The van der Waals surface area contributed by atoms with Gasteiger partial charge < -0.3 is 5.32 Å². The molecule has 1 N–H and O–H groups in total. The van der Waals surface area contributed by atoms with E-state index in [2.05, 4.69) is 10.4 Å². The third-order valence-corrected chi connectivity index (χ3v) is 3.35. The number of rotatable bonds is 1. The SMILES string of the molecule is Cc1ccc(NC(=O)n2ncc3ccccc32)c(Cl)c1. The number of hydrogen-bond donors (Lipinski definition) is 1. The molecule has 0 aliphatic heterocycles. The van der Waals surface area contributed by atoms with Gasteiger partial charge >= 0.3 is 6.03 Å². The van der Waals surface area contributed by atoms with Crippen LogP contribution in [0.2, 0.25) is 5.02 Å². The minimum Gasteiger partial charge on any atom is -0.305 e. The van der Waals surface area contributed by atoms with Gasteiger partial charge in [0.05, 0.1) is 22.4 Å². The lowest BCUT2D eigenvalue weighted by molar-refractivity contribution is 0.252. The van der Waals surface area contributed by atoms with Crippen molar-refractivity contribution < 1.29 is 4.79 Å². The van der Waals surface area contributed by atoms with E-state index in [0.29, 0.717) is 10.7 Å². The maximum atomic E-state index is 12.3. The van der Waals surface area contributed by atoms with Crippen LogP contribution in [0.25, 0.3) is 10.9 Å². The molecule has 5 heteroatoms. The molecular formula is C15H12ClN3O. The lowest BCUT2D eigenvalue weighted by atomic mass is 10.2. The lowest BCUT2D eigenvalue weighted by Gasteiger charge is -2.08. The van der Waals surface area contributed by atoms with Crippen molar-refractivity contribution in [1.29, 1.82) is 0 Å². The van der Waals surface area contributed by atoms with Crippen molar-refractivity contribution in [2.45, 2.75) is 6.92 Å². The summed E-state index contributed by atoms with van der Waals surface area (Å²) in [4.78, 5) is 12.3. The number of carbonyl (C=O) groups excluding carboxylic acids is 1. The van der Waals surface area contributed by atoms with Gasteiger partial charge in [-0.2, -0.15) is 9.78 Å². The van der Waals surface area contributed by atoms with Crippen molar-refractivity contribution in [3.63, 3.8) is 0 Å². The topological polar surface area (TPSA) is 46.9 Å². The van der Waals surface area contributed by atoms with E-state index in [0.717, 1.165) is 16.5 Å². The van der Waals surface area contributed by atoms with Crippen molar-refractivity contribution in [3.05, 3.63) is 59.2 Å². The zero-order valence-electron chi connectivity index (χ0n) is 10.8. The Balaban J connectivity index is 1.93. The molecule has 1 heterocycles. The Hall–Kier alpha value is -2.33. The van der Waals surface area contributed by atoms with E-state index in [-0.39, 0.29) is 6.03 Å². The Morgan fingerprint density at radius 3 is 2.85 bits per heavy atom. The maximum absolute atomic E-state index is 12.3. The van der Waals surface area contributed by atoms with E-state index >= 15 is 0 Å². The first kappa shape index (κ1) is 12.7. The number of anilines is 1. The van der Waals surface area contributed by atoms with Crippen LogP contribution in [0.4, 0.5) is 10.5 Å². The van der Waals surface area contributed by atoms with Crippen LogP contribution in [-0.4, -0.2) is 15.8 Å². The normalized spacial score (nSPS) is 10.7. The first-order valence-electron chi connectivity index (χ1n) is 6.15. The number of nitrogens with zero attached hydrogens (tertiary/aromatic N) is 2. The first-order chi connectivity index (χ1) is 9.65. The lowest BCUT2D eigenvalue weighted by Crippen LogP contribution is -2.20. The highest BCUT2D eigenvalue weighted by Crippen LogP contribution is 2.23. The molecule has 0 spiro atoms. The fraction of sp³-hybridized carbons (Fsp3) is 0.0667. The van der Waals surface area contributed by atoms with Gasteiger partial charge in [0, 0.05) is 5.39 Å². The smallest absolute Gasteiger partial charge is 0.305 e. The zero-order valence-corrected chi connectivity index (χ0v) is 11.6. The first-order valence-corrected chi connectivity index (χ1v) is 6.53. The third-order valence-electron chi connectivity index (χ3n) is 3.04. The van der Waals surface area contributed by atoms with Crippen LogP contribution >= 0.6 is 11.6 Å². The van der Waals surface area contributed by atoms with Crippen molar-refractivity contribution in [2.24, 2.45) is 0 Å². The Morgan fingerprint density at radius 1 is 1.25 bits per heavy atom. The van der Waals surface area contributed by atoms with E-state index in [1.165, 1.54) is 4.68 Å². The van der Waals surface area contributed by atoms with Crippen LogP contribution in [0, 0.1) is 6.92 Å². The quantitative estimate of drug-likeness (QED) is 0.732. The van der Waals surface area contributed by atoms with Crippen molar-refractivity contribution in [3.8, 4) is 0 Å². The molecule has 20 heavy (non-hydrogen) atoms. The average Bonchev–Trinajstić information content (AvgIpc) is 2.86. The van der Waals surface area contributed by atoms with Gasteiger partial charge in [-0.05, 0) is 30.7 Å². The second kappa shape index (κ2) is 4.98. The Labute approximate surface area is 121 Å². The van der Waals surface area contributed by atoms with Gasteiger partial charge in [0.1, 0.15) is 0 Å². The van der Waals surface area contributed by atoms with Gasteiger partial charge in [-0.25, -0.2) is 4.79 Å². The molecule has 0 radical (unpaired) electrons. The molecule has 0 aliphatic rings. The van der Waals surface area contributed by atoms with E-state index in [9.17, 15) is 4.79 Å². The molecular weight excluding hydrogens is 274 g/mol. The molecule has 0 saturated heterocycles. The third kappa shape index (κ3) is 2.26. The average molecular weight is 286 g/mol. The fourth-order valence-electron chi connectivity index (χ4n) is 2.02. The van der Waals surface area contributed by atoms with Gasteiger partial charge in [-0.3, -0.25) is 0 Å². The minimum absolute atomic E-state index is 0.336. The summed E-state index contributed by atoms with van der Waals surface area (Å²) in [6.45, 7) is 1.94. The number of halogens is 1. The molecule has 3 rings (SSSR count). The van der Waals surface area contributed by atoms with Crippen molar-refractivity contribution >= 4 is 34.2 Å². The summed E-state index contributed by atoms with van der Waals surface area (Å²) in [6.07, 6.45) is 1.66. The standard InChI is InChI=1S/C15H12ClN3O/c1-10-6-7-13(12(16)8-10)18-15(20)19-14-5-3-2-4-11(14)9-17-19/h2-9H,1H3,(H,18,20). The van der Waals surface area contributed by atoms with Crippen LogP contribution in [0.5, 0.6) is 0 Å². The van der Waals surface area contributed by atoms with Gasteiger partial charge in [-0.1, -0.05) is 35.9 Å². The summed E-state index contributed by atoms with van der Waals surface area (Å²) in [6, 6.07) is 12.7. The van der Waals surface area contributed by atoms with Crippen LogP contribution in [0.1, 0.15) is 5.56 Å². The highest BCUT2D eigenvalue weighted by Gasteiger charge is 2.11. The molecule has 0 saturated carbocycles. The maximum Gasteiger partial charge on any atom is 0.347 e. The summed E-state index contributed by atoms with van der Waals surface area (Å²) in [5.74, 6) is 0. The number of hydrogen-bond acceptors (Lipinski definition) is 2. The van der Waals surface area contributed by atoms with Crippen LogP contribution in [0.3, 0.4) is 0 Å². The van der Waals surface area contributed by atoms with E-state index in [1.807, 2.05) is 37.3 Å². The molecule has 100 valence electrons. The molecule has 0 atom stereocenters. The summed E-state index contributed by atoms with van der Waals surface area (Å²) < 4.78 is 1.32. The predicted molar refractivity (Wildman–Crippen MR) is 80.3 cm³/mol. The highest BCUT2D eigenvalue weighted by molar-refractivity contribution is 6.33. The number of fused-ring (bicyclic) bond motifs is 1. The predicted octanol–water partition coefficient (Wildman–Crippen LogP) is 4.08. The number of nitrogens with one attached hydrogen (secondary N) is 1. The molecule has 0 unspecified atom stereocenters. The minimum atomic E-state index is -0.336. The molecule has 0 aliphatic carbocycles. The van der Waals surface area contributed by atoms with Crippen LogP contribution in [0.15, 0.2) is 48.7 Å². The van der Waals surface area contributed by atoms with Gasteiger partial charge in [-0.15, -0.1) is 0 Å². The number of aromatic nitrogens is 2. The van der Waals surface area contributed by atoms with Crippen molar-refractivity contribution in [1.82, 2.24) is 9.78 Å². The van der Waals surface area contributed by atoms with Gasteiger partial charge in [0.25, 0.3) is 0 Å². The largest absolute Gasteiger partial charge is 0.347 e. The molecule has 0 fully saturated rings. The summed E-state index contributed by atoms with van der Waals surface area (Å²) >= 11 is 6.11. The van der Waals surface area contributed by atoms with Crippen molar-refractivity contribution in [2.75, 3.05) is 5.32 Å². The summed E-state index contributed by atoms with van der Waals surface area (Å²) in [5.41, 5.74) is 2.37. The molecule has 4 nitrogen and oxygen atoms in total. The van der Waals surface area contributed by atoms with E-state index in [1.54, 1.807) is 18.3 Å². The number of para-hydroxylation sites is 1. The number of amides is 1. The highest BCUT2D eigenvalue weighted by atomic mass is 35.5. The monoisotopic (exact) mass is 285 g/mol. The summed E-state index contributed by atoms with van der Waals surface area (Å²) in [5, 5.41) is 8.29. The van der Waals surface area contributed by atoms with Crippen LogP contribution in [-0.2, 0) is 0 Å².